The van der Waals surface area contributed by atoms with Gasteiger partial charge in [-0.15, -0.1) is 11.3 Å². The van der Waals surface area contributed by atoms with E-state index in [4.69, 9.17) is 5.73 Å². The van der Waals surface area contributed by atoms with E-state index in [2.05, 4.69) is 10.3 Å². The molecule has 0 spiro atoms. The Hall–Kier alpha value is -1.47. The van der Waals surface area contributed by atoms with Crippen molar-refractivity contribution in [2.45, 2.75) is 50.6 Å². The van der Waals surface area contributed by atoms with Crippen LogP contribution in [0, 0.1) is 5.92 Å². The van der Waals surface area contributed by atoms with E-state index in [9.17, 15) is 9.59 Å². The Morgan fingerprint density at radius 2 is 2.23 bits per heavy atom. The van der Waals surface area contributed by atoms with Crippen LogP contribution in [0.4, 0.5) is 5.13 Å². The molecule has 22 heavy (non-hydrogen) atoms. The topological polar surface area (TPSA) is 88.3 Å². The molecule has 2 fully saturated rings. The molecule has 3 N–H and O–H groups in total. The normalized spacial score (nSPS) is 28.0. The van der Waals surface area contributed by atoms with E-state index in [-0.39, 0.29) is 29.8 Å². The molecule has 2 amide bonds. The van der Waals surface area contributed by atoms with Crippen LogP contribution >= 0.6 is 11.3 Å². The summed E-state index contributed by atoms with van der Waals surface area (Å²) < 4.78 is 0. The van der Waals surface area contributed by atoms with Crippen molar-refractivity contribution in [1.82, 2.24) is 9.88 Å². The third kappa shape index (κ3) is 3.30. The molecule has 1 aromatic heterocycles. The summed E-state index contributed by atoms with van der Waals surface area (Å²) in [5.41, 5.74) is 6.05. The van der Waals surface area contributed by atoms with Crippen LogP contribution in [0.25, 0.3) is 0 Å². The highest BCUT2D eigenvalue weighted by Crippen LogP contribution is 2.29. The number of hydrogen-bond acceptors (Lipinski definition) is 5. The van der Waals surface area contributed by atoms with Crippen LogP contribution in [0.2, 0.25) is 0 Å². The predicted octanol–water partition coefficient (Wildman–Crippen LogP) is 1.59. The van der Waals surface area contributed by atoms with Gasteiger partial charge in [-0.3, -0.25) is 9.59 Å². The Morgan fingerprint density at radius 1 is 1.36 bits per heavy atom. The van der Waals surface area contributed by atoms with E-state index in [1.807, 2.05) is 5.38 Å². The Bertz CT molecular complexity index is 534. The highest BCUT2D eigenvalue weighted by molar-refractivity contribution is 7.13. The number of nitrogens with zero attached hydrogens (tertiary/aromatic N) is 2. The third-order valence-corrected chi connectivity index (χ3v) is 5.38. The number of rotatable bonds is 4. The molecule has 2 aliphatic rings. The molecule has 1 aliphatic carbocycles. The lowest BCUT2D eigenvalue weighted by atomic mass is 9.99. The summed E-state index contributed by atoms with van der Waals surface area (Å²) in [6.07, 6.45) is 6.86. The van der Waals surface area contributed by atoms with Crippen molar-refractivity contribution in [2.24, 2.45) is 11.7 Å². The van der Waals surface area contributed by atoms with Crippen LogP contribution in [0.3, 0.4) is 0 Å². The number of carbonyl (C=O) groups excluding carboxylic acids is 2. The summed E-state index contributed by atoms with van der Waals surface area (Å²) in [4.78, 5) is 30.7. The summed E-state index contributed by atoms with van der Waals surface area (Å²) in [7, 11) is 0. The average molecular weight is 322 g/mol. The molecule has 7 heteroatoms. The Kier molecular flexibility index (Phi) is 4.73. The Labute approximate surface area is 134 Å². The first-order valence-corrected chi connectivity index (χ1v) is 8.78. The van der Waals surface area contributed by atoms with Crippen LogP contribution in [0.15, 0.2) is 11.6 Å². The number of anilines is 1. The maximum Gasteiger partial charge on any atom is 0.248 e. The number of nitrogens with one attached hydrogen (secondary N) is 1. The molecule has 3 atom stereocenters. The molecule has 0 bridgehead atoms. The van der Waals surface area contributed by atoms with Gasteiger partial charge in [-0.25, -0.2) is 4.98 Å². The first-order valence-electron chi connectivity index (χ1n) is 7.90. The van der Waals surface area contributed by atoms with Gasteiger partial charge in [0, 0.05) is 30.6 Å². The molecule has 0 aromatic carbocycles. The number of aromatic nitrogens is 1. The van der Waals surface area contributed by atoms with E-state index in [0.29, 0.717) is 18.1 Å². The maximum atomic E-state index is 12.5. The highest BCUT2D eigenvalue weighted by Gasteiger charge is 2.36. The van der Waals surface area contributed by atoms with E-state index in [1.165, 1.54) is 11.3 Å². The molecule has 1 unspecified atom stereocenters. The van der Waals surface area contributed by atoms with E-state index in [0.717, 1.165) is 32.1 Å². The predicted molar refractivity (Wildman–Crippen MR) is 85.4 cm³/mol. The van der Waals surface area contributed by atoms with Crippen LogP contribution < -0.4 is 11.1 Å². The molecule has 1 saturated carbocycles. The number of nitrogens with two attached hydrogens (primary N) is 1. The third-order valence-electron chi connectivity index (χ3n) is 4.69. The summed E-state index contributed by atoms with van der Waals surface area (Å²) in [6.45, 7) is 0.663. The molecule has 3 rings (SSSR count). The van der Waals surface area contributed by atoms with Gasteiger partial charge in [0.05, 0.1) is 0 Å². The van der Waals surface area contributed by atoms with Gasteiger partial charge >= 0.3 is 0 Å². The van der Waals surface area contributed by atoms with Crippen molar-refractivity contribution >= 4 is 28.3 Å². The number of hydrogen-bond donors (Lipinski definition) is 2. The molecule has 6 nitrogen and oxygen atoms in total. The molecular weight excluding hydrogens is 300 g/mol. The van der Waals surface area contributed by atoms with E-state index in [1.54, 1.807) is 11.1 Å². The van der Waals surface area contributed by atoms with Gasteiger partial charge < -0.3 is 16.0 Å². The van der Waals surface area contributed by atoms with Gasteiger partial charge in [0.15, 0.2) is 5.13 Å². The molecule has 0 radical (unpaired) electrons. The lowest BCUT2D eigenvalue weighted by Gasteiger charge is -2.25. The van der Waals surface area contributed by atoms with Crippen LogP contribution in [-0.4, -0.2) is 40.3 Å². The van der Waals surface area contributed by atoms with Gasteiger partial charge in [0.25, 0.3) is 0 Å². The Morgan fingerprint density at radius 3 is 2.91 bits per heavy atom. The average Bonchev–Trinajstić information content (AvgIpc) is 3.21. The summed E-state index contributed by atoms with van der Waals surface area (Å²) in [5.74, 6) is 0.214. The summed E-state index contributed by atoms with van der Waals surface area (Å²) >= 11 is 1.38. The Balaban J connectivity index is 1.59. The lowest BCUT2D eigenvalue weighted by Crippen LogP contribution is -2.44. The van der Waals surface area contributed by atoms with Crippen molar-refractivity contribution in [3.8, 4) is 0 Å². The molecular formula is C15H22N4O2S. The van der Waals surface area contributed by atoms with Crippen LogP contribution in [-0.2, 0) is 9.59 Å². The molecule has 2 heterocycles. The smallest absolute Gasteiger partial charge is 0.248 e. The van der Waals surface area contributed by atoms with Crippen molar-refractivity contribution in [3.05, 3.63) is 11.6 Å². The minimum Gasteiger partial charge on any atom is -0.331 e. The van der Waals surface area contributed by atoms with E-state index < -0.39 is 0 Å². The fourth-order valence-corrected chi connectivity index (χ4v) is 4.00. The summed E-state index contributed by atoms with van der Waals surface area (Å²) in [6, 6.07) is -0.233. The van der Waals surface area contributed by atoms with Crippen molar-refractivity contribution < 1.29 is 9.59 Å². The van der Waals surface area contributed by atoms with Crippen LogP contribution in [0.5, 0.6) is 0 Å². The minimum atomic E-state index is -0.367. The van der Waals surface area contributed by atoms with Crippen LogP contribution in [0.1, 0.15) is 38.5 Å². The fourth-order valence-electron chi connectivity index (χ4n) is 3.47. The van der Waals surface area contributed by atoms with Gasteiger partial charge in [-0.1, -0.05) is 6.42 Å². The van der Waals surface area contributed by atoms with Gasteiger partial charge in [-0.2, -0.15) is 0 Å². The van der Waals surface area contributed by atoms with Crippen molar-refractivity contribution in [3.63, 3.8) is 0 Å². The molecule has 1 aromatic rings. The second-order valence-corrected chi connectivity index (χ2v) is 7.03. The van der Waals surface area contributed by atoms with E-state index >= 15 is 0 Å². The van der Waals surface area contributed by atoms with Gasteiger partial charge in [-0.05, 0) is 31.6 Å². The number of amides is 2. The monoisotopic (exact) mass is 322 g/mol. The number of likely N-dealkylation sites (tertiary alicyclic amines) is 1. The number of thiazole rings is 1. The molecule has 120 valence electrons. The molecule has 1 aliphatic heterocycles. The fraction of sp³-hybridized carbons (Fsp3) is 0.667. The molecule has 1 saturated heterocycles. The SMILES string of the molecule is N[C@@H]1CCC[C@H]1CC(=O)N1CCCC1C(=O)Nc1nccs1. The largest absolute Gasteiger partial charge is 0.331 e. The second-order valence-electron chi connectivity index (χ2n) is 6.13. The first kappa shape index (κ1) is 15.4. The summed E-state index contributed by atoms with van der Waals surface area (Å²) in [5, 5.41) is 5.20. The maximum absolute atomic E-state index is 12.5. The zero-order valence-corrected chi connectivity index (χ0v) is 13.3. The lowest BCUT2D eigenvalue weighted by molar-refractivity contribution is -0.137. The first-order chi connectivity index (χ1) is 10.6. The van der Waals surface area contributed by atoms with Crippen molar-refractivity contribution in [1.29, 1.82) is 0 Å². The quantitative estimate of drug-likeness (QED) is 0.881. The van der Waals surface area contributed by atoms with Gasteiger partial charge in [0.1, 0.15) is 6.04 Å². The zero-order chi connectivity index (χ0) is 15.5. The minimum absolute atomic E-state index is 0.0686. The zero-order valence-electron chi connectivity index (χ0n) is 12.5. The second kappa shape index (κ2) is 6.75. The standard InChI is InChI=1S/C15H22N4O2S/c16-11-4-1-3-10(11)9-13(20)19-7-2-5-12(19)14(21)18-15-17-6-8-22-15/h6,8,10-12H,1-5,7,9,16H2,(H,17,18,21)/t10-,11+,12?/m0/s1. The van der Waals surface area contributed by atoms with Gasteiger partial charge in [0.2, 0.25) is 11.8 Å². The number of carbonyl (C=O) groups is 2. The highest BCUT2D eigenvalue weighted by atomic mass is 32.1. The van der Waals surface area contributed by atoms with Crippen molar-refractivity contribution in [2.75, 3.05) is 11.9 Å².